The predicted octanol–water partition coefficient (Wildman–Crippen LogP) is 1.30. The highest BCUT2D eigenvalue weighted by molar-refractivity contribution is 5.73. The Kier molecular flexibility index (Phi) is 4.34. The van der Waals surface area contributed by atoms with E-state index < -0.39 is 5.97 Å². The van der Waals surface area contributed by atoms with Gasteiger partial charge in [0.2, 0.25) is 0 Å². The first-order chi connectivity index (χ1) is 8.64. The summed E-state index contributed by atoms with van der Waals surface area (Å²) >= 11 is 0. The van der Waals surface area contributed by atoms with Gasteiger partial charge in [-0.05, 0) is 34.6 Å². The molecular weight excluding hydrogens is 246 g/mol. The van der Waals surface area contributed by atoms with Crippen molar-refractivity contribution >= 4 is 11.8 Å². The van der Waals surface area contributed by atoms with Crippen LogP contribution >= 0.6 is 0 Å². The summed E-state index contributed by atoms with van der Waals surface area (Å²) in [4.78, 5) is 28.9. The second-order valence-electron chi connectivity index (χ2n) is 5.71. The maximum absolute atomic E-state index is 12.4. The highest BCUT2D eigenvalue weighted by Crippen LogP contribution is 2.13. The van der Waals surface area contributed by atoms with Gasteiger partial charge in [0.15, 0.2) is 5.82 Å². The highest BCUT2D eigenvalue weighted by atomic mass is 16.4. The average molecular weight is 267 g/mol. The number of carbonyl (C=O) groups is 1. The standard InChI is InChI=1S/C13H21N3O3/c1-9(2)15(8-10(17)18)11-12(19)16(7-6-14-11)13(3,4)5/h6-7,9H,8H2,1-5H3,(H,17,18). The fourth-order valence-corrected chi connectivity index (χ4v) is 1.77. The number of carboxylic acids is 1. The molecule has 0 saturated carbocycles. The highest BCUT2D eigenvalue weighted by Gasteiger charge is 2.22. The normalized spacial score (nSPS) is 11.7. The molecule has 1 aromatic rings. The van der Waals surface area contributed by atoms with Crippen molar-refractivity contribution in [2.45, 2.75) is 46.2 Å². The summed E-state index contributed by atoms with van der Waals surface area (Å²) in [6, 6.07) is -0.118. The van der Waals surface area contributed by atoms with Gasteiger partial charge in [-0.2, -0.15) is 0 Å². The van der Waals surface area contributed by atoms with Gasteiger partial charge in [-0.25, -0.2) is 4.98 Å². The van der Waals surface area contributed by atoms with Crippen molar-refractivity contribution < 1.29 is 9.90 Å². The summed E-state index contributed by atoms with van der Waals surface area (Å²) in [5.74, 6) is -0.809. The van der Waals surface area contributed by atoms with Crippen LogP contribution in [0.1, 0.15) is 34.6 Å². The van der Waals surface area contributed by atoms with Gasteiger partial charge in [0, 0.05) is 24.0 Å². The number of aliphatic carboxylic acids is 1. The molecule has 19 heavy (non-hydrogen) atoms. The van der Waals surface area contributed by atoms with Gasteiger partial charge in [-0.3, -0.25) is 9.59 Å². The van der Waals surface area contributed by atoms with E-state index in [1.807, 2.05) is 34.6 Å². The Hall–Kier alpha value is -1.85. The molecule has 0 aromatic carbocycles. The van der Waals surface area contributed by atoms with E-state index in [1.165, 1.54) is 11.1 Å². The van der Waals surface area contributed by atoms with Crippen LogP contribution in [-0.2, 0) is 10.3 Å². The van der Waals surface area contributed by atoms with E-state index in [9.17, 15) is 9.59 Å². The SMILES string of the molecule is CC(C)N(CC(=O)O)c1nccn(C(C)(C)C)c1=O. The van der Waals surface area contributed by atoms with Crippen LogP contribution in [-0.4, -0.2) is 33.2 Å². The van der Waals surface area contributed by atoms with Gasteiger partial charge in [-0.1, -0.05) is 0 Å². The van der Waals surface area contributed by atoms with E-state index in [2.05, 4.69) is 4.98 Å². The first-order valence-electron chi connectivity index (χ1n) is 6.21. The third-order valence-corrected chi connectivity index (χ3v) is 2.75. The second kappa shape index (κ2) is 5.42. The van der Waals surface area contributed by atoms with Gasteiger partial charge in [0.25, 0.3) is 5.56 Å². The lowest BCUT2D eigenvalue weighted by atomic mass is 10.1. The summed E-state index contributed by atoms with van der Waals surface area (Å²) in [6.07, 6.45) is 3.14. The summed E-state index contributed by atoms with van der Waals surface area (Å²) in [7, 11) is 0. The molecule has 0 fully saturated rings. The molecule has 1 rings (SSSR count). The zero-order chi connectivity index (χ0) is 14.8. The van der Waals surface area contributed by atoms with Gasteiger partial charge < -0.3 is 14.6 Å². The molecule has 6 heteroatoms. The van der Waals surface area contributed by atoms with E-state index in [-0.39, 0.29) is 29.5 Å². The molecule has 0 atom stereocenters. The molecular formula is C13H21N3O3. The molecule has 0 spiro atoms. The van der Waals surface area contributed by atoms with E-state index >= 15 is 0 Å². The van der Waals surface area contributed by atoms with Crippen LogP contribution in [0.2, 0.25) is 0 Å². The van der Waals surface area contributed by atoms with Crippen molar-refractivity contribution in [2.75, 3.05) is 11.4 Å². The maximum Gasteiger partial charge on any atom is 0.323 e. The van der Waals surface area contributed by atoms with Crippen molar-refractivity contribution in [1.29, 1.82) is 0 Å². The fourth-order valence-electron chi connectivity index (χ4n) is 1.77. The molecule has 0 unspecified atom stereocenters. The minimum atomic E-state index is -0.985. The van der Waals surface area contributed by atoms with Crippen LogP contribution in [0.15, 0.2) is 17.2 Å². The summed E-state index contributed by atoms with van der Waals surface area (Å²) < 4.78 is 1.56. The maximum atomic E-state index is 12.4. The van der Waals surface area contributed by atoms with Gasteiger partial charge >= 0.3 is 5.97 Å². The molecule has 1 aromatic heterocycles. The summed E-state index contributed by atoms with van der Waals surface area (Å²) in [6.45, 7) is 9.16. The van der Waals surface area contributed by atoms with Crippen molar-refractivity contribution in [2.24, 2.45) is 0 Å². The third-order valence-electron chi connectivity index (χ3n) is 2.75. The van der Waals surface area contributed by atoms with Crippen molar-refractivity contribution in [3.8, 4) is 0 Å². The lowest BCUT2D eigenvalue weighted by molar-refractivity contribution is -0.135. The van der Waals surface area contributed by atoms with Gasteiger partial charge in [0.1, 0.15) is 6.54 Å². The Bertz CT molecular complexity index is 515. The smallest absolute Gasteiger partial charge is 0.323 e. The molecule has 0 aliphatic carbocycles. The van der Waals surface area contributed by atoms with E-state index in [4.69, 9.17) is 5.11 Å². The molecule has 1 heterocycles. The van der Waals surface area contributed by atoms with Crippen molar-refractivity contribution in [3.63, 3.8) is 0 Å². The molecule has 6 nitrogen and oxygen atoms in total. The molecule has 0 amide bonds. The van der Waals surface area contributed by atoms with Crippen LogP contribution in [0.3, 0.4) is 0 Å². The second-order valence-corrected chi connectivity index (χ2v) is 5.71. The Morgan fingerprint density at radius 2 is 2.05 bits per heavy atom. The molecule has 0 radical (unpaired) electrons. The van der Waals surface area contributed by atoms with E-state index in [0.29, 0.717) is 0 Å². The lowest BCUT2D eigenvalue weighted by Crippen LogP contribution is -2.43. The van der Waals surface area contributed by atoms with E-state index in [1.54, 1.807) is 10.8 Å². The number of anilines is 1. The number of aromatic nitrogens is 2. The van der Waals surface area contributed by atoms with E-state index in [0.717, 1.165) is 0 Å². The molecule has 0 aliphatic heterocycles. The van der Waals surface area contributed by atoms with Crippen LogP contribution in [0, 0.1) is 0 Å². The monoisotopic (exact) mass is 267 g/mol. The minimum Gasteiger partial charge on any atom is -0.480 e. The van der Waals surface area contributed by atoms with Gasteiger partial charge in [0.05, 0.1) is 0 Å². The van der Waals surface area contributed by atoms with Crippen LogP contribution in [0.4, 0.5) is 5.82 Å². The Balaban J connectivity index is 3.33. The van der Waals surface area contributed by atoms with Crippen LogP contribution in [0.25, 0.3) is 0 Å². The topological polar surface area (TPSA) is 75.4 Å². The summed E-state index contributed by atoms with van der Waals surface area (Å²) in [5, 5.41) is 8.94. The van der Waals surface area contributed by atoms with Gasteiger partial charge in [-0.15, -0.1) is 0 Å². The Morgan fingerprint density at radius 1 is 1.47 bits per heavy atom. The van der Waals surface area contributed by atoms with Crippen molar-refractivity contribution in [3.05, 3.63) is 22.7 Å². The fraction of sp³-hybridized carbons (Fsp3) is 0.615. The van der Waals surface area contributed by atoms with Crippen LogP contribution < -0.4 is 10.5 Å². The minimum absolute atomic E-state index is 0.118. The first kappa shape index (κ1) is 15.2. The molecule has 0 aliphatic rings. The molecule has 106 valence electrons. The third kappa shape index (κ3) is 3.56. The number of hydrogen-bond donors (Lipinski definition) is 1. The zero-order valence-electron chi connectivity index (χ0n) is 12.0. The quantitative estimate of drug-likeness (QED) is 0.890. The number of carboxylic acid groups (broad SMARTS) is 1. The lowest BCUT2D eigenvalue weighted by Gasteiger charge is -2.28. The molecule has 0 bridgehead atoms. The zero-order valence-corrected chi connectivity index (χ0v) is 12.0. The number of rotatable bonds is 4. The number of hydrogen-bond acceptors (Lipinski definition) is 4. The van der Waals surface area contributed by atoms with Crippen molar-refractivity contribution in [1.82, 2.24) is 9.55 Å². The average Bonchev–Trinajstić information content (AvgIpc) is 2.24. The van der Waals surface area contributed by atoms with Crippen LogP contribution in [0.5, 0.6) is 0 Å². The summed E-state index contributed by atoms with van der Waals surface area (Å²) in [5.41, 5.74) is -0.648. The Morgan fingerprint density at radius 3 is 2.47 bits per heavy atom. The first-order valence-corrected chi connectivity index (χ1v) is 6.21. The number of nitrogens with zero attached hydrogens (tertiary/aromatic N) is 3. The molecule has 0 saturated heterocycles. The Labute approximate surface area is 112 Å². The largest absolute Gasteiger partial charge is 0.480 e. The molecule has 1 N–H and O–H groups in total. The predicted molar refractivity (Wildman–Crippen MR) is 73.6 cm³/mol.